The van der Waals surface area contributed by atoms with Crippen LogP contribution in [0.4, 0.5) is 4.79 Å². The third-order valence-corrected chi connectivity index (χ3v) is 4.05. The lowest BCUT2D eigenvalue weighted by Gasteiger charge is -2.35. The lowest BCUT2D eigenvalue weighted by Crippen LogP contribution is -2.51. The van der Waals surface area contributed by atoms with Gasteiger partial charge in [0, 0.05) is 32.6 Å². The van der Waals surface area contributed by atoms with E-state index in [0.29, 0.717) is 32.6 Å². The quantitative estimate of drug-likeness (QED) is 0.737. The van der Waals surface area contributed by atoms with Gasteiger partial charge in [-0.25, -0.2) is 4.79 Å². The molecular formula is C17H28N2O3. The second kappa shape index (κ2) is 7.16. The van der Waals surface area contributed by atoms with Gasteiger partial charge in [0.2, 0.25) is 5.91 Å². The molecule has 0 bridgehead atoms. The molecule has 0 saturated carbocycles. The predicted octanol–water partition coefficient (Wildman–Crippen LogP) is 2.96. The van der Waals surface area contributed by atoms with Crippen molar-refractivity contribution in [3.05, 3.63) is 11.6 Å². The van der Waals surface area contributed by atoms with Crippen LogP contribution in [0.25, 0.3) is 0 Å². The van der Waals surface area contributed by atoms with Gasteiger partial charge in [0.25, 0.3) is 0 Å². The number of ether oxygens (including phenoxy) is 1. The summed E-state index contributed by atoms with van der Waals surface area (Å²) in [7, 11) is 0. The van der Waals surface area contributed by atoms with Crippen molar-refractivity contribution in [2.24, 2.45) is 0 Å². The summed E-state index contributed by atoms with van der Waals surface area (Å²) in [5.41, 5.74) is 0.808. The van der Waals surface area contributed by atoms with Gasteiger partial charge in [-0.2, -0.15) is 0 Å². The Hall–Kier alpha value is -1.52. The number of hydrogen-bond donors (Lipinski definition) is 0. The van der Waals surface area contributed by atoms with Crippen LogP contribution in [0.15, 0.2) is 11.6 Å². The van der Waals surface area contributed by atoms with E-state index in [4.69, 9.17) is 4.74 Å². The summed E-state index contributed by atoms with van der Waals surface area (Å²) in [5.74, 6) is 0.192. The van der Waals surface area contributed by atoms with E-state index >= 15 is 0 Å². The molecule has 0 radical (unpaired) electrons. The summed E-state index contributed by atoms with van der Waals surface area (Å²) in [6.07, 6.45) is 7.09. The van der Waals surface area contributed by atoms with E-state index in [1.807, 2.05) is 25.7 Å². The molecule has 0 unspecified atom stereocenters. The van der Waals surface area contributed by atoms with Gasteiger partial charge in [-0.15, -0.1) is 0 Å². The Morgan fingerprint density at radius 3 is 2.27 bits per heavy atom. The number of amides is 2. The van der Waals surface area contributed by atoms with Gasteiger partial charge in [-0.05, 0) is 46.5 Å². The summed E-state index contributed by atoms with van der Waals surface area (Å²) >= 11 is 0. The Bertz CT molecular complexity index is 443. The minimum Gasteiger partial charge on any atom is -0.444 e. The van der Waals surface area contributed by atoms with E-state index in [-0.39, 0.29) is 12.0 Å². The molecule has 0 spiro atoms. The fourth-order valence-electron chi connectivity index (χ4n) is 2.84. The molecule has 0 N–H and O–H groups in total. The zero-order valence-electron chi connectivity index (χ0n) is 14.1. The molecule has 5 heteroatoms. The minimum atomic E-state index is -0.475. The van der Waals surface area contributed by atoms with Crippen LogP contribution in [-0.4, -0.2) is 53.6 Å². The van der Waals surface area contributed by atoms with E-state index < -0.39 is 5.60 Å². The van der Waals surface area contributed by atoms with Gasteiger partial charge >= 0.3 is 6.09 Å². The zero-order chi connectivity index (χ0) is 16.2. The molecule has 0 atom stereocenters. The number of allylic oxidation sites excluding steroid dienone is 1. The van der Waals surface area contributed by atoms with Crippen molar-refractivity contribution < 1.29 is 14.3 Å². The normalized spacial score (nSPS) is 19.7. The smallest absolute Gasteiger partial charge is 0.410 e. The number of carbonyl (C=O) groups excluding carboxylic acids is 2. The third-order valence-electron chi connectivity index (χ3n) is 4.05. The molecule has 0 aromatic rings. The molecule has 2 amide bonds. The predicted molar refractivity (Wildman–Crippen MR) is 85.6 cm³/mol. The van der Waals surface area contributed by atoms with Crippen LogP contribution in [0.2, 0.25) is 0 Å². The van der Waals surface area contributed by atoms with Gasteiger partial charge in [0.05, 0.1) is 0 Å². The first-order valence-corrected chi connectivity index (χ1v) is 8.29. The Balaban J connectivity index is 1.77. The van der Waals surface area contributed by atoms with Crippen molar-refractivity contribution in [3.63, 3.8) is 0 Å². The molecular weight excluding hydrogens is 280 g/mol. The van der Waals surface area contributed by atoms with Crippen LogP contribution >= 0.6 is 0 Å². The van der Waals surface area contributed by atoms with Crippen molar-refractivity contribution in [1.29, 1.82) is 0 Å². The Morgan fingerprint density at radius 2 is 1.73 bits per heavy atom. The molecule has 1 aliphatic carbocycles. The van der Waals surface area contributed by atoms with Gasteiger partial charge in [0.1, 0.15) is 5.60 Å². The van der Waals surface area contributed by atoms with Crippen molar-refractivity contribution in [1.82, 2.24) is 9.80 Å². The standard InChI is InChI=1S/C17H28N2O3/c1-17(2,3)22-16(21)19-11-9-18(10-12-19)15(20)13-14-7-5-4-6-8-14/h7H,4-6,8-13H2,1-3H3. The molecule has 1 aliphatic heterocycles. The number of hydrogen-bond acceptors (Lipinski definition) is 3. The van der Waals surface area contributed by atoms with Crippen LogP contribution in [0, 0.1) is 0 Å². The van der Waals surface area contributed by atoms with Crippen LogP contribution in [0.1, 0.15) is 52.9 Å². The number of carbonyl (C=O) groups is 2. The lowest BCUT2D eigenvalue weighted by molar-refractivity contribution is -0.132. The molecule has 1 heterocycles. The summed E-state index contributed by atoms with van der Waals surface area (Å²) in [6, 6.07) is 0. The molecule has 0 aromatic heterocycles. The fourth-order valence-corrected chi connectivity index (χ4v) is 2.84. The molecule has 1 fully saturated rings. The van der Waals surface area contributed by atoms with Crippen LogP contribution in [0.3, 0.4) is 0 Å². The number of nitrogens with zero attached hydrogens (tertiary/aromatic N) is 2. The lowest BCUT2D eigenvalue weighted by atomic mass is 9.97. The number of rotatable bonds is 2. The summed E-state index contributed by atoms with van der Waals surface area (Å²) in [4.78, 5) is 27.9. The van der Waals surface area contributed by atoms with Crippen LogP contribution in [0.5, 0.6) is 0 Å². The van der Waals surface area contributed by atoms with Crippen molar-refractivity contribution >= 4 is 12.0 Å². The van der Waals surface area contributed by atoms with Crippen LogP contribution < -0.4 is 0 Å². The summed E-state index contributed by atoms with van der Waals surface area (Å²) in [6.45, 7) is 7.91. The van der Waals surface area contributed by atoms with Gasteiger partial charge < -0.3 is 14.5 Å². The first-order valence-electron chi connectivity index (χ1n) is 8.29. The Morgan fingerprint density at radius 1 is 1.09 bits per heavy atom. The average Bonchev–Trinajstić information content (AvgIpc) is 2.46. The molecule has 2 rings (SSSR count). The van der Waals surface area contributed by atoms with Crippen molar-refractivity contribution in [2.75, 3.05) is 26.2 Å². The zero-order valence-corrected chi connectivity index (χ0v) is 14.1. The van der Waals surface area contributed by atoms with Crippen molar-refractivity contribution in [3.8, 4) is 0 Å². The van der Waals surface area contributed by atoms with Gasteiger partial charge in [-0.1, -0.05) is 11.6 Å². The third kappa shape index (κ3) is 5.04. The Kier molecular flexibility index (Phi) is 5.48. The van der Waals surface area contributed by atoms with E-state index in [0.717, 1.165) is 12.8 Å². The van der Waals surface area contributed by atoms with E-state index in [9.17, 15) is 9.59 Å². The maximum Gasteiger partial charge on any atom is 0.410 e. The first kappa shape index (κ1) is 16.8. The molecule has 22 heavy (non-hydrogen) atoms. The molecule has 124 valence electrons. The SMILES string of the molecule is CC(C)(C)OC(=O)N1CCN(C(=O)CC2=CCCCC2)CC1. The molecule has 2 aliphatic rings. The summed E-state index contributed by atoms with van der Waals surface area (Å²) < 4.78 is 5.37. The monoisotopic (exact) mass is 308 g/mol. The number of piperazine rings is 1. The maximum atomic E-state index is 12.3. The highest BCUT2D eigenvalue weighted by molar-refractivity contribution is 5.79. The van der Waals surface area contributed by atoms with Crippen LogP contribution in [-0.2, 0) is 9.53 Å². The van der Waals surface area contributed by atoms with Crippen molar-refractivity contribution in [2.45, 2.75) is 58.5 Å². The minimum absolute atomic E-state index is 0.192. The molecule has 5 nitrogen and oxygen atoms in total. The second-order valence-electron chi connectivity index (χ2n) is 7.13. The topological polar surface area (TPSA) is 49.9 Å². The molecule has 0 aromatic carbocycles. The highest BCUT2D eigenvalue weighted by atomic mass is 16.6. The average molecular weight is 308 g/mol. The van der Waals surface area contributed by atoms with E-state index in [1.165, 1.54) is 18.4 Å². The van der Waals surface area contributed by atoms with Gasteiger partial charge in [0.15, 0.2) is 0 Å². The van der Waals surface area contributed by atoms with Gasteiger partial charge in [-0.3, -0.25) is 4.79 Å². The maximum absolute atomic E-state index is 12.3. The summed E-state index contributed by atoms with van der Waals surface area (Å²) in [5, 5.41) is 0. The second-order valence-corrected chi connectivity index (χ2v) is 7.13. The fraction of sp³-hybridized carbons (Fsp3) is 0.765. The molecule has 1 saturated heterocycles. The highest BCUT2D eigenvalue weighted by Crippen LogP contribution is 2.21. The highest BCUT2D eigenvalue weighted by Gasteiger charge is 2.27. The first-order chi connectivity index (χ1) is 10.3. The Labute approximate surface area is 133 Å². The largest absolute Gasteiger partial charge is 0.444 e. The van der Waals surface area contributed by atoms with E-state index in [2.05, 4.69) is 6.08 Å². The van der Waals surface area contributed by atoms with E-state index in [1.54, 1.807) is 4.90 Å².